The molecule has 1 saturated heterocycles. The molecule has 0 aromatic rings. The molecule has 19 heavy (non-hydrogen) atoms. The number of aliphatic hydroxyl groups is 1. The SMILES string of the molecule is O=C(O)CCC[C@@H](NC(=O)C1CC(O)CN1)C(=O)O. The van der Waals surface area contributed by atoms with Gasteiger partial charge in [-0.15, -0.1) is 0 Å². The van der Waals surface area contributed by atoms with Crippen molar-refractivity contribution in [1.82, 2.24) is 10.6 Å². The van der Waals surface area contributed by atoms with E-state index in [-0.39, 0.29) is 25.7 Å². The van der Waals surface area contributed by atoms with Crippen molar-refractivity contribution in [3.63, 3.8) is 0 Å². The highest BCUT2D eigenvalue weighted by Gasteiger charge is 2.30. The van der Waals surface area contributed by atoms with Gasteiger partial charge in [0.1, 0.15) is 6.04 Å². The van der Waals surface area contributed by atoms with E-state index in [0.717, 1.165) is 0 Å². The van der Waals surface area contributed by atoms with Crippen LogP contribution in [0, 0.1) is 0 Å². The highest BCUT2D eigenvalue weighted by molar-refractivity contribution is 5.87. The Morgan fingerprint density at radius 2 is 2.00 bits per heavy atom. The van der Waals surface area contributed by atoms with Crippen molar-refractivity contribution in [2.45, 2.75) is 43.9 Å². The molecule has 5 N–H and O–H groups in total. The van der Waals surface area contributed by atoms with Crippen LogP contribution in [0.3, 0.4) is 0 Å². The Kier molecular flexibility index (Phi) is 5.71. The highest BCUT2D eigenvalue weighted by atomic mass is 16.4. The summed E-state index contributed by atoms with van der Waals surface area (Å²) in [6, 6.07) is -1.71. The second kappa shape index (κ2) is 7.05. The Balaban J connectivity index is 2.42. The smallest absolute Gasteiger partial charge is 0.326 e. The normalized spacial score (nSPS) is 23.8. The molecule has 0 saturated carbocycles. The molecular formula is C11H18N2O6. The highest BCUT2D eigenvalue weighted by Crippen LogP contribution is 2.08. The molecule has 8 nitrogen and oxygen atoms in total. The van der Waals surface area contributed by atoms with Crippen LogP contribution in [-0.4, -0.2) is 57.9 Å². The van der Waals surface area contributed by atoms with E-state index in [1.807, 2.05) is 0 Å². The Morgan fingerprint density at radius 3 is 2.47 bits per heavy atom. The molecule has 1 amide bonds. The standard InChI is InChI=1S/C11H18N2O6/c14-6-4-8(12-5-6)10(17)13-7(11(18)19)2-1-3-9(15)16/h6-8,12,14H,1-5H2,(H,13,17)(H,15,16)(H,18,19)/t6?,7-,8?/m1/s1. The van der Waals surface area contributed by atoms with Gasteiger partial charge in [0, 0.05) is 13.0 Å². The number of carbonyl (C=O) groups excluding carboxylic acids is 1. The van der Waals surface area contributed by atoms with Crippen molar-refractivity contribution >= 4 is 17.8 Å². The van der Waals surface area contributed by atoms with E-state index < -0.39 is 36.0 Å². The van der Waals surface area contributed by atoms with Gasteiger partial charge in [0.2, 0.25) is 5.91 Å². The molecule has 108 valence electrons. The first-order valence-corrected chi connectivity index (χ1v) is 6.06. The van der Waals surface area contributed by atoms with E-state index in [1.165, 1.54) is 0 Å². The van der Waals surface area contributed by atoms with E-state index in [2.05, 4.69) is 10.6 Å². The zero-order valence-corrected chi connectivity index (χ0v) is 10.3. The van der Waals surface area contributed by atoms with Gasteiger partial charge in [0.05, 0.1) is 12.1 Å². The first-order valence-electron chi connectivity index (χ1n) is 6.06. The summed E-state index contributed by atoms with van der Waals surface area (Å²) in [6.45, 7) is 0.300. The summed E-state index contributed by atoms with van der Waals surface area (Å²) in [6.07, 6.45) is -0.269. The lowest BCUT2D eigenvalue weighted by Gasteiger charge is -2.17. The predicted molar refractivity (Wildman–Crippen MR) is 63.5 cm³/mol. The first-order chi connectivity index (χ1) is 8.90. The van der Waals surface area contributed by atoms with E-state index in [4.69, 9.17) is 10.2 Å². The summed E-state index contributed by atoms with van der Waals surface area (Å²) < 4.78 is 0. The summed E-state index contributed by atoms with van der Waals surface area (Å²) in [5.41, 5.74) is 0. The number of rotatable bonds is 7. The quantitative estimate of drug-likeness (QED) is 0.382. The minimum absolute atomic E-state index is 0.0582. The fourth-order valence-electron chi connectivity index (χ4n) is 1.90. The molecule has 3 atom stereocenters. The number of amides is 1. The number of hydrogen-bond acceptors (Lipinski definition) is 5. The van der Waals surface area contributed by atoms with Crippen LogP contribution in [0.4, 0.5) is 0 Å². The number of carboxylic acid groups (broad SMARTS) is 2. The molecule has 0 aromatic carbocycles. The molecule has 0 aliphatic carbocycles. The monoisotopic (exact) mass is 274 g/mol. The number of hydrogen-bond donors (Lipinski definition) is 5. The fraction of sp³-hybridized carbons (Fsp3) is 0.727. The van der Waals surface area contributed by atoms with Crippen LogP contribution in [0.5, 0.6) is 0 Å². The predicted octanol–water partition coefficient (Wildman–Crippen LogP) is -1.47. The molecule has 1 aliphatic heterocycles. The van der Waals surface area contributed by atoms with Crippen LogP contribution in [0.15, 0.2) is 0 Å². The molecule has 8 heteroatoms. The largest absolute Gasteiger partial charge is 0.481 e. The zero-order valence-electron chi connectivity index (χ0n) is 10.3. The number of aliphatic hydroxyl groups excluding tert-OH is 1. The average molecular weight is 274 g/mol. The second-order valence-corrected chi connectivity index (χ2v) is 4.54. The van der Waals surface area contributed by atoms with E-state index in [0.29, 0.717) is 6.54 Å². The third kappa shape index (κ3) is 5.23. The molecule has 1 fully saturated rings. The minimum atomic E-state index is -1.20. The number of aliphatic carboxylic acids is 2. The van der Waals surface area contributed by atoms with Gasteiger partial charge in [0.25, 0.3) is 0 Å². The Bertz CT molecular complexity index is 359. The molecule has 1 rings (SSSR count). The summed E-state index contributed by atoms with van der Waals surface area (Å²) in [7, 11) is 0. The third-order valence-corrected chi connectivity index (χ3v) is 2.92. The van der Waals surface area contributed by atoms with Gasteiger partial charge in [-0.1, -0.05) is 0 Å². The van der Waals surface area contributed by atoms with Gasteiger partial charge in [-0.25, -0.2) is 4.79 Å². The number of carboxylic acids is 2. The summed E-state index contributed by atoms with van der Waals surface area (Å²) >= 11 is 0. The Morgan fingerprint density at radius 1 is 1.32 bits per heavy atom. The molecule has 1 heterocycles. The van der Waals surface area contributed by atoms with E-state index >= 15 is 0 Å². The van der Waals surface area contributed by atoms with E-state index in [9.17, 15) is 19.5 Å². The summed E-state index contributed by atoms with van der Waals surface area (Å²) in [4.78, 5) is 33.0. The van der Waals surface area contributed by atoms with Crippen molar-refractivity contribution in [2.75, 3.05) is 6.54 Å². The molecule has 0 spiro atoms. The molecule has 0 bridgehead atoms. The van der Waals surface area contributed by atoms with Crippen LogP contribution < -0.4 is 10.6 Å². The fourth-order valence-corrected chi connectivity index (χ4v) is 1.90. The second-order valence-electron chi connectivity index (χ2n) is 4.54. The molecular weight excluding hydrogens is 256 g/mol. The van der Waals surface area contributed by atoms with Crippen LogP contribution >= 0.6 is 0 Å². The number of carbonyl (C=O) groups is 3. The lowest BCUT2D eigenvalue weighted by atomic mass is 10.1. The lowest BCUT2D eigenvalue weighted by molar-refractivity contribution is -0.143. The number of β-amino-alcohol motifs (C(OH)–C–C–N with tert-alkyl or cyclic N) is 1. The van der Waals surface area contributed by atoms with Crippen molar-refractivity contribution < 1.29 is 29.7 Å². The number of nitrogens with one attached hydrogen (secondary N) is 2. The van der Waals surface area contributed by atoms with Crippen LogP contribution in [0.1, 0.15) is 25.7 Å². The van der Waals surface area contributed by atoms with Crippen LogP contribution in [-0.2, 0) is 14.4 Å². The van der Waals surface area contributed by atoms with Gasteiger partial charge in [-0.3, -0.25) is 9.59 Å². The van der Waals surface area contributed by atoms with Crippen LogP contribution in [0.25, 0.3) is 0 Å². The summed E-state index contributed by atoms with van der Waals surface area (Å²) in [5, 5.41) is 31.8. The maximum Gasteiger partial charge on any atom is 0.326 e. The van der Waals surface area contributed by atoms with Crippen molar-refractivity contribution in [3.05, 3.63) is 0 Å². The zero-order chi connectivity index (χ0) is 14.4. The lowest BCUT2D eigenvalue weighted by Crippen LogP contribution is -2.48. The molecule has 2 unspecified atom stereocenters. The maximum atomic E-state index is 11.7. The first kappa shape index (κ1) is 15.4. The molecule has 0 radical (unpaired) electrons. The van der Waals surface area contributed by atoms with Gasteiger partial charge in [-0.05, 0) is 19.3 Å². The van der Waals surface area contributed by atoms with Gasteiger partial charge >= 0.3 is 11.9 Å². The topological polar surface area (TPSA) is 136 Å². The van der Waals surface area contributed by atoms with Crippen molar-refractivity contribution in [3.8, 4) is 0 Å². The molecule has 1 aliphatic rings. The van der Waals surface area contributed by atoms with Crippen LogP contribution in [0.2, 0.25) is 0 Å². The Labute approximate surface area is 109 Å². The minimum Gasteiger partial charge on any atom is -0.481 e. The molecule has 0 aromatic heterocycles. The maximum absolute atomic E-state index is 11.7. The van der Waals surface area contributed by atoms with E-state index in [1.54, 1.807) is 0 Å². The van der Waals surface area contributed by atoms with Gasteiger partial charge in [0.15, 0.2) is 0 Å². The van der Waals surface area contributed by atoms with Crippen molar-refractivity contribution in [1.29, 1.82) is 0 Å². The van der Waals surface area contributed by atoms with Crippen molar-refractivity contribution in [2.24, 2.45) is 0 Å². The Hall–Kier alpha value is -1.67. The summed E-state index contributed by atoms with van der Waals surface area (Å²) in [5.74, 6) is -2.69. The van der Waals surface area contributed by atoms with Gasteiger partial charge < -0.3 is 26.0 Å². The third-order valence-electron chi connectivity index (χ3n) is 2.92. The average Bonchev–Trinajstić information content (AvgIpc) is 2.73. The van der Waals surface area contributed by atoms with Gasteiger partial charge in [-0.2, -0.15) is 0 Å².